The van der Waals surface area contributed by atoms with Crippen molar-refractivity contribution in [3.63, 3.8) is 0 Å². The highest BCUT2D eigenvalue weighted by Gasteiger charge is 2.32. The number of carbonyl (C=O) groups is 2. The van der Waals surface area contributed by atoms with Crippen molar-refractivity contribution in [3.8, 4) is 0 Å². The van der Waals surface area contributed by atoms with Gasteiger partial charge >= 0.3 is 0 Å². The lowest BCUT2D eigenvalue weighted by atomic mass is 9.90. The average molecular weight is 333 g/mol. The number of nitrogens with two attached hydrogens (primary N) is 1. The second-order valence-electron chi connectivity index (χ2n) is 6.38. The molecule has 0 aliphatic carbocycles. The van der Waals surface area contributed by atoms with Gasteiger partial charge < -0.3 is 16.0 Å². The first-order valence-electron chi connectivity index (χ1n) is 8.14. The summed E-state index contributed by atoms with van der Waals surface area (Å²) in [5.74, 6) is 0.414. The Bertz CT molecular complexity index is 634. The van der Waals surface area contributed by atoms with Gasteiger partial charge in [-0.2, -0.15) is 0 Å². The van der Waals surface area contributed by atoms with Crippen molar-refractivity contribution in [3.05, 3.63) is 23.8 Å². The summed E-state index contributed by atoms with van der Waals surface area (Å²) in [6, 6.07) is 5.66. The lowest BCUT2D eigenvalue weighted by molar-refractivity contribution is -0.115. The van der Waals surface area contributed by atoms with E-state index < -0.39 is 0 Å². The Kier molecular flexibility index (Phi) is 4.64. The molecule has 0 unspecified atom stereocenters. The van der Waals surface area contributed by atoms with E-state index in [0.717, 1.165) is 30.0 Å². The van der Waals surface area contributed by atoms with Crippen LogP contribution in [0.2, 0.25) is 0 Å². The van der Waals surface area contributed by atoms with Crippen molar-refractivity contribution in [2.24, 2.45) is 11.7 Å². The summed E-state index contributed by atoms with van der Waals surface area (Å²) in [5.41, 5.74) is 7.24. The molecular weight excluding hydrogens is 310 g/mol. The van der Waals surface area contributed by atoms with Crippen molar-refractivity contribution in [2.75, 3.05) is 18.4 Å². The van der Waals surface area contributed by atoms with E-state index in [-0.39, 0.29) is 23.1 Å². The molecule has 1 aromatic rings. The smallest absolute Gasteiger partial charge is 0.254 e. The minimum atomic E-state index is -0.103. The number of likely N-dealkylation sites (tertiary alicyclic amines) is 1. The van der Waals surface area contributed by atoms with Gasteiger partial charge in [-0.15, -0.1) is 11.8 Å². The molecule has 124 valence electrons. The van der Waals surface area contributed by atoms with Crippen LogP contribution < -0.4 is 11.1 Å². The first-order chi connectivity index (χ1) is 11.0. The van der Waals surface area contributed by atoms with E-state index in [1.807, 2.05) is 24.0 Å². The topological polar surface area (TPSA) is 75.4 Å². The Labute approximate surface area is 141 Å². The molecule has 5 nitrogen and oxygen atoms in total. The number of fused-ring (bicyclic) bond motifs is 1. The number of amides is 2. The zero-order valence-corrected chi connectivity index (χ0v) is 14.4. The zero-order chi connectivity index (χ0) is 16.6. The molecule has 2 aliphatic heterocycles. The molecule has 1 fully saturated rings. The van der Waals surface area contributed by atoms with Crippen LogP contribution in [0.4, 0.5) is 5.69 Å². The number of nitrogens with zero attached hydrogens (tertiary/aromatic N) is 1. The molecule has 2 heterocycles. The van der Waals surface area contributed by atoms with E-state index in [2.05, 4.69) is 12.2 Å². The van der Waals surface area contributed by atoms with Crippen LogP contribution in [-0.2, 0) is 4.79 Å². The Morgan fingerprint density at radius 2 is 2.22 bits per heavy atom. The van der Waals surface area contributed by atoms with E-state index in [9.17, 15) is 9.59 Å². The van der Waals surface area contributed by atoms with Crippen LogP contribution in [0.1, 0.15) is 37.0 Å². The van der Waals surface area contributed by atoms with Crippen LogP contribution in [0.15, 0.2) is 23.1 Å². The normalized spacial score (nSPS) is 27.3. The molecule has 0 bridgehead atoms. The Hall–Kier alpha value is -1.53. The standard InChI is InChI=1S/C17H23N3O2S/c1-10-4-3-7-20(14(10)9-18)17(22)12-5-6-15-13(8-12)19-16(21)11(2)23-15/h5-6,8,10-11,14H,3-4,7,9,18H2,1-2H3,(H,19,21)/t10-,11-,14-/m0/s1. The van der Waals surface area contributed by atoms with Gasteiger partial charge in [-0.3, -0.25) is 9.59 Å². The van der Waals surface area contributed by atoms with Crippen LogP contribution in [-0.4, -0.2) is 41.1 Å². The van der Waals surface area contributed by atoms with Crippen LogP contribution in [0.25, 0.3) is 0 Å². The highest BCUT2D eigenvalue weighted by atomic mass is 32.2. The first-order valence-corrected chi connectivity index (χ1v) is 9.02. The van der Waals surface area contributed by atoms with Crippen molar-refractivity contribution in [2.45, 2.75) is 42.9 Å². The summed E-state index contributed by atoms with van der Waals surface area (Å²) in [4.78, 5) is 27.6. The largest absolute Gasteiger partial charge is 0.334 e. The van der Waals surface area contributed by atoms with Crippen LogP contribution in [0.5, 0.6) is 0 Å². The number of anilines is 1. The predicted molar refractivity (Wildman–Crippen MR) is 92.7 cm³/mol. The summed E-state index contributed by atoms with van der Waals surface area (Å²) in [7, 11) is 0. The molecule has 1 aromatic carbocycles. The van der Waals surface area contributed by atoms with E-state index in [1.165, 1.54) is 11.8 Å². The van der Waals surface area contributed by atoms with Crippen LogP contribution in [0.3, 0.4) is 0 Å². The lowest BCUT2D eigenvalue weighted by Crippen LogP contribution is -2.51. The molecular formula is C17H23N3O2S. The van der Waals surface area contributed by atoms with E-state index in [0.29, 0.717) is 18.0 Å². The van der Waals surface area contributed by atoms with Crippen molar-refractivity contribution >= 4 is 29.3 Å². The van der Waals surface area contributed by atoms with E-state index in [4.69, 9.17) is 5.73 Å². The summed E-state index contributed by atoms with van der Waals surface area (Å²) in [5, 5.41) is 2.78. The Balaban J connectivity index is 1.85. The molecule has 0 spiro atoms. The fourth-order valence-corrected chi connectivity index (χ4v) is 4.30. The molecule has 0 radical (unpaired) electrons. The molecule has 6 heteroatoms. The SMILES string of the molecule is C[C@@H]1Sc2ccc(C(=O)N3CCC[C@H](C)[C@@H]3CN)cc2NC1=O. The van der Waals surface area contributed by atoms with Crippen LogP contribution in [0, 0.1) is 5.92 Å². The minimum Gasteiger partial charge on any atom is -0.334 e. The third-order valence-corrected chi connectivity index (χ3v) is 5.95. The van der Waals surface area contributed by atoms with E-state index in [1.54, 1.807) is 6.07 Å². The molecule has 3 N–H and O–H groups in total. The number of piperidine rings is 1. The molecule has 3 rings (SSSR count). The van der Waals surface area contributed by atoms with Gasteiger partial charge in [0.05, 0.1) is 10.9 Å². The fourth-order valence-electron chi connectivity index (χ4n) is 3.37. The monoisotopic (exact) mass is 333 g/mol. The summed E-state index contributed by atoms with van der Waals surface area (Å²) in [6.45, 7) is 5.27. The number of thioether (sulfide) groups is 1. The number of nitrogens with one attached hydrogen (secondary N) is 1. The molecule has 2 amide bonds. The number of rotatable bonds is 2. The second kappa shape index (κ2) is 6.53. The van der Waals surface area contributed by atoms with Gasteiger partial charge in [-0.05, 0) is 43.9 Å². The van der Waals surface area contributed by atoms with Crippen molar-refractivity contribution in [1.82, 2.24) is 4.90 Å². The lowest BCUT2D eigenvalue weighted by Gasteiger charge is -2.39. The second-order valence-corrected chi connectivity index (χ2v) is 7.76. The molecule has 0 saturated carbocycles. The number of hydrogen-bond donors (Lipinski definition) is 2. The number of benzene rings is 1. The molecule has 3 atom stereocenters. The first kappa shape index (κ1) is 16.3. The molecule has 1 saturated heterocycles. The van der Waals surface area contributed by atoms with Gasteiger partial charge in [0, 0.05) is 29.6 Å². The number of carbonyl (C=O) groups excluding carboxylic acids is 2. The summed E-state index contributed by atoms with van der Waals surface area (Å²) in [6.07, 6.45) is 2.12. The summed E-state index contributed by atoms with van der Waals surface area (Å²) < 4.78 is 0. The Morgan fingerprint density at radius 3 is 2.96 bits per heavy atom. The maximum atomic E-state index is 12.9. The van der Waals surface area contributed by atoms with Gasteiger partial charge in [-0.25, -0.2) is 0 Å². The predicted octanol–water partition coefficient (Wildman–Crippen LogP) is 2.32. The van der Waals surface area contributed by atoms with Gasteiger partial charge in [-0.1, -0.05) is 6.92 Å². The van der Waals surface area contributed by atoms with Gasteiger partial charge in [0.15, 0.2) is 0 Å². The third kappa shape index (κ3) is 3.10. The minimum absolute atomic E-state index is 0.00710. The molecule has 23 heavy (non-hydrogen) atoms. The Morgan fingerprint density at radius 1 is 1.43 bits per heavy atom. The van der Waals surface area contributed by atoms with Gasteiger partial charge in [0.1, 0.15) is 0 Å². The van der Waals surface area contributed by atoms with Crippen molar-refractivity contribution < 1.29 is 9.59 Å². The highest BCUT2D eigenvalue weighted by Crippen LogP contribution is 2.36. The molecule has 2 aliphatic rings. The quantitative estimate of drug-likeness (QED) is 0.871. The van der Waals surface area contributed by atoms with Gasteiger partial charge in [0.2, 0.25) is 5.91 Å². The van der Waals surface area contributed by atoms with Gasteiger partial charge in [0.25, 0.3) is 5.91 Å². The number of hydrogen-bond acceptors (Lipinski definition) is 4. The van der Waals surface area contributed by atoms with E-state index >= 15 is 0 Å². The average Bonchev–Trinajstić information content (AvgIpc) is 2.54. The van der Waals surface area contributed by atoms with Crippen molar-refractivity contribution in [1.29, 1.82) is 0 Å². The zero-order valence-electron chi connectivity index (χ0n) is 13.5. The maximum Gasteiger partial charge on any atom is 0.254 e. The van der Waals surface area contributed by atoms with Crippen LogP contribution >= 0.6 is 11.8 Å². The fraction of sp³-hybridized carbons (Fsp3) is 0.529. The third-order valence-electron chi connectivity index (χ3n) is 4.78. The highest BCUT2D eigenvalue weighted by molar-refractivity contribution is 8.00. The summed E-state index contributed by atoms with van der Waals surface area (Å²) >= 11 is 1.52. The molecule has 0 aromatic heterocycles. The maximum absolute atomic E-state index is 12.9.